The molecule has 0 saturated carbocycles. The van der Waals surface area contributed by atoms with Crippen molar-refractivity contribution in [1.29, 1.82) is 0 Å². The maximum atomic E-state index is 13.4. The second kappa shape index (κ2) is 10.9. The molecule has 0 radical (unpaired) electrons. The number of carbonyl (C=O) groups is 1. The van der Waals surface area contributed by atoms with Crippen LogP contribution >= 0.6 is 0 Å². The summed E-state index contributed by atoms with van der Waals surface area (Å²) in [5.41, 5.74) is 0.911. The van der Waals surface area contributed by atoms with Crippen LogP contribution in [0.3, 0.4) is 0 Å². The Hall–Kier alpha value is -3.72. The number of nitrogens with zero attached hydrogens (tertiary/aromatic N) is 2. The van der Waals surface area contributed by atoms with E-state index in [0.717, 1.165) is 9.87 Å². The minimum absolute atomic E-state index is 0.0166. The van der Waals surface area contributed by atoms with Crippen molar-refractivity contribution in [2.24, 2.45) is 5.92 Å². The summed E-state index contributed by atoms with van der Waals surface area (Å²) in [6, 6.07) is 22.1. The molecule has 0 bridgehead atoms. The first kappa shape index (κ1) is 24.9. The second-order valence-corrected chi connectivity index (χ2v) is 10.1. The van der Waals surface area contributed by atoms with Gasteiger partial charge in [-0.25, -0.2) is 8.42 Å². The highest BCUT2D eigenvalue weighted by atomic mass is 32.2. The summed E-state index contributed by atoms with van der Waals surface area (Å²) in [6.07, 6.45) is 0.679. The van der Waals surface area contributed by atoms with Crippen molar-refractivity contribution in [2.45, 2.75) is 31.2 Å². The molecule has 0 saturated heterocycles. The van der Waals surface area contributed by atoms with Gasteiger partial charge in [0.2, 0.25) is 5.91 Å². The Labute approximate surface area is 199 Å². The molecule has 3 aromatic rings. The molecule has 9 heteroatoms. The van der Waals surface area contributed by atoms with Gasteiger partial charge in [0, 0.05) is 12.1 Å². The smallest absolute Gasteiger partial charge is 0.269 e. The van der Waals surface area contributed by atoms with Crippen molar-refractivity contribution in [3.63, 3.8) is 0 Å². The van der Waals surface area contributed by atoms with Gasteiger partial charge in [0.15, 0.2) is 0 Å². The molecule has 0 unspecified atom stereocenters. The van der Waals surface area contributed by atoms with Gasteiger partial charge in [-0.2, -0.15) is 0 Å². The Morgan fingerprint density at radius 1 is 0.941 bits per heavy atom. The summed E-state index contributed by atoms with van der Waals surface area (Å²) in [5, 5.41) is 14.0. The molecule has 0 aromatic heterocycles. The van der Waals surface area contributed by atoms with Crippen LogP contribution in [0.5, 0.6) is 0 Å². The fraction of sp³-hybridized carbons (Fsp3) is 0.240. The standard InChI is InChI=1S/C25H27N3O5S/c1-19(2)17-24(20-9-5-3-6-10-20)26-25(29)18-27(21-13-15-22(16-14-21)28(30)31)34(32,33)23-11-7-4-8-12-23/h3-16,19,24H,17-18H2,1-2H3,(H,26,29)/t24-/m0/s1. The molecule has 0 aliphatic carbocycles. The lowest BCUT2D eigenvalue weighted by molar-refractivity contribution is -0.384. The molecule has 1 N–H and O–H groups in total. The zero-order valence-electron chi connectivity index (χ0n) is 19.0. The zero-order chi connectivity index (χ0) is 24.7. The molecule has 0 fully saturated rings. The first-order valence-electron chi connectivity index (χ1n) is 10.8. The average Bonchev–Trinajstić information content (AvgIpc) is 2.83. The van der Waals surface area contributed by atoms with Crippen molar-refractivity contribution in [2.75, 3.05) is 10.8 Å². The molecule has 0 heterocycles. The lowest BCUT2D eigenvalue weighted by atomic mass is 9.97. The third kappa shape index (κ3) is 6.20. The number of rotatable bonds is 10. The fourth-order valence-corrected chi connectivity index (χ4v) is 5.02. The van der Waals surface area contributed by atoms with Gasteiger partial charge in [0.05, 0.1) is 21.5 Å². The number of nitro groups is 1. The highest BCUT2D eigenvalue weighted by Gasteiger charge is 2.28. The van der Waals surface area contributed by atoms with Crippen LogP contribution in [-0.4, -0.2) is 25.8 Å². The van der Waals surface area contributed by atoms with Gasteiger partial charge in [-0.15, -0.1) is 0 Å². The third-order valence-electron chi connectivity index (χ3n) is 5.21. The van der Waals surface area contributed by atoms with E-state index in [-0.39, 0.29) is 22.3 Å². The lowest BCUT2D eigenvalue weighted by Crippen LogP contribution is -2.42. The first-order valence-corrected chi connectivity index (χ1v) is 12.3. The van der Waals surface area contributed by atoms with Gasteiger partial charge in [0.25, 0.3) is 15.7 Å². The van der Waals surface area contributed by atoms with Gasteiger partial charge >= 0.3 is 0 Å². The number of anilines is 1. The maximum absolute atomic E-state index is 13.4. The molecule has 178 valence electrons. The summed E-state index contributed by atoms with van der Waals surface area (Å²) in [5.74, 6) is -0.184. The van der Waals surface area contributed by atoms with Crippen molar-refractivity contribution >= 4 is 27.3 Å². The molecule has 0 aliphatic heterocycles. The van der Waals surface area contributed by atoms with Crippen LogP contribution in [0, 0.1) is 16.0 Å². The second-order valence-electron chi connectivity index (χ2n) is 8.26. The van der Waals surface area contributed by atoms with Crippen LogP contribution < -0.4 is 9.62 Å². The predicted molar refractivity (Wildman–Crippen MR) is 131 cm³/mol. The van der Waals surface area contributed by atoms with Crippen LogP contribution in [0.2, 0.25) is 0 Å². The SMILES string of the molecule is CC(C)C[C@H](NC(=O)CN(c1ccc([N+](=O)[O-])cc1)S(=O)(=O)c1ccccc1)c1ccccc1. The van der Waals surface area contributed by atoms with Gasteiger partial charge in [-0.1, -0.05) is 62.4 Å². The third-order valence-corrected chi connectivity index (χ3v) is 7.00. The van der Waals surface area contributed by atoms with Gasteiger partial charge in [-0.3, -0.25) is 19.2 Å². The number of carbonyl (C=O) groups excluding carboxylic acids is 1. The highest BCUT2D eigenvalue weighted by molar-refractivity contribution is 7.92. The van der Waals surface area contributed by atoms with E-state index in [4.69, 9.17) is 0 Å². The van der Waals surface area contributed by atoms with E-state index in [2.05, 4.69) is 5.32 Å². The van der Waals surface area contributed by atoms with E-state index in [0.29, 0.717) is 12.3 Å². The quantitative estimate of drug-likeness (QED) is 0.334. The van der Waals surface area contributed by atoms with E-state index < -0.39 is 27.4 Å². The number of benzene rings is 3. The Morgan fingerprint density at radius 3 is 2.03 bits per heavy atom. The Bertz CT molecular complexity index is 1210. The van der Waals surface area contributed by atoms with Crippen LogP contribution in [0.15, 0.2) is 89.8 Å². The Kier molecular flexibility index (Phi) is 8.01. The summed E-state index contributed by atoms with van der Waals surface area (Å²) < 4.78 is 27.8. The molecule has 34 heavy (non-hydrogen) atoms. The topological polar surface area (TPSA) is 110 Å². The number of hydrogen-bond acceptors (Lipinski definition) is 5. The number of nitro benzene ring substituents is 1. The fourth-order valence-electron chi connectivity index (χ4n) is 3.58. The molecule has 0 spiro atoms. The van der Waals surface area contributed by atoms with E-state index in [9.17, 15) is 23.3 Å². The summed E-state index contributed by atoms with van der Waals surface area (Å²) in [4.78, 5) is 23.6. The van der Waals surface area contributed by atoms with E-state index >= 15 is 0 Å². The van der Waals surface area contributed by atoms with Crippen molar-refractivity contribution < 1.29 is 18.1 Å². The normalized spacial score (nSPS) is 12.2. The molecule has 1 atom stereocenters. The number of sulfonamides is 1. The average molecular weight is 482 g/mol. The minimum atomic E-state index is -4.10. The number of nitrogens with one attached hydrogen (secondary N) is 1. The number of hydrogen-bond donors (Lipinski definition) is 1. The van der Waals surface area contributed by atoms with E-state index in [1.807, 2.05) is 44.2 Å². The van der Waals surface area contributed by atoms with Crippen LogP contribution in [0.25, 0.3) is 0 Å². The molecule has 3 rings (SSSR count). The Morgan fingerprint density at radius 2 is 1.50 bits per heavy atom. The van der Waals surface area contributed by atoms with Crippen molar-refractivity contribution in [3.05, 3.63) is 101 Å². The van der Waals surface area contributed by atoms with E-state index in [1.165, 1.54) is 36.4 Å². The molecular weight excluding hydrogens is 454 g/mol. The summed E-state index contributed by atoms with van der Waals surface area (Å²) >= 11 is 0. The Balaban J connectivity index is 1.93. The van der Waals surface area contributed by atoms with Crippen LogP contribution in [0.1, 0.15) is 31.9 Å². The molecule has 3 aromatic carbocycles. The minimum Gasteiger partial charge on any atom is -0.348 e. The van der Waals surface area contributed by atoms with E-state index in [1.54, 1.807) is 18.2 Å². The van der Waals surface area contributed by atoms with Crippen LogP contribution in [0.4, 0.5) is 11.4 Å². The predicted octanol–water partition coefficient (Wildman–Crippen LogP) is 4.69. The molecular formula is C25H27N3O5S. The number of non-ortho nitro benzene ring substituents is 1. The monoisotopic (exact) mass is 481 g/mol. The molecule has 8 nitrogen and oxygen atoms in total. The van der Waals surface area contributed by atoms with Gasteiger partial charge in [-0.05, 0) is 42.2 Å². The number of amides is 1. The summed E-state index contributed by atoms with van der Waals surface area (Å²) in [7, 11) is -4.10. The summed E-state index contributed by atoms with van der Waals surface area (Å²) in [6.45, 7) is 3.62. The molecule has 1 amide bonds. The first-order chi connectivity index (χ1) is 16.2. The highest BCUT2D eigenvalue weighted by Crippen LogP contribution is 2.26. The molecule has 0 aliphatic rings. The largest absolute Gasteiger partial charge is 0.348 e. The van der Waals surface area contributed by atoms with Crippen molar-refractivity contribution in [1.82, 2.24) is 5.32 Å². The van der Waals surface area contributed by atoms with Gasteiger partial charge in [0.1, 0.15) is 6.54 Å². The lowest BCUT2D eigenvalue weighted by Gasteiger charge is -2.26. The zero-order valence-corrected chi connectivity index (χ0v) is 19.8. The maximum Gasteiger partial charge on any atom is 0.269 e. The van der Waals surface area contributed by atoms with Gasteiger partial charge < -0.3 is 5.32 Å². The van der Waals surface area contributed by atoms with Crippen LogP contribution in [-0.2, 0) is 14.8 Å². The van der Waals surface area contributed by atoms with Crippen molar-refractivity contribution in [3.8, 4) is 0 Å².